The van der Waals surface area contributed by atoms with Crippen LogP contribution in [0.15, 0.2) is 54.6 Å². The SMILES string of the molecule is CNc1cccc(OCC(CN(C)c2ccccc2)OCC(=O)O)c1. The first-order valence-electron chi connectivity index (χ1n) is 8.08. The van der Waals surface area contributed by atoms with Crippen LogP contribution in [0.1, 0.15) is 0 Å². The van der Waals surface area contributed by atoms with Crippen molar-refractivity contribution in [2.75, 3.05) is 44.1 Å². The van der Waals surface area contributed by atoms with Crippen LogP contribution in [0, 0.1) is 0 Å². The Hall–Kier alpha value is -2.73. The summed E-state index contributed by atoms with van der Waals surface area (Å²) < 4.78 is 11.3. The molecule has 2 N–H and O–H groups in total. The summed E-state index contributed by atoms with van der Waals surface area (Å²) in [4.78, 5) is 12.8. The summed E-state index contributed by atoms with van der Waals surface area (Å²) in [7, 11) is 3.78. The highest BCUT2D eigenvalue weighted by molar-refractivity contribution is 5.68. The van der Waals surface area contributed by atoms with Gasteiger partial charge in [-0.2, -0.15) is 0 Å². The van der Waals surface area contributed by atoms with Gasteiger partial charge in [-0.1, -0.05) is 24.3 Å². The molecule has 6 heteroatoms. The van der Waals surface area contributed by atoms with Gasteiger partial charge in [0.05, 0.1) is 0 Å². The summed E-state index contributed by atoms with van der Waals surface area (Å²) in [6.45, 7) is 0.424. The third kappa shape index (κ3) is 6.35. The van der Waals surface area contributed by atoms with Crippen LogP contribution < -0.4 is 15.0 Å². The fraction of sp³-hybridized carbons (Fsp3) is 0.316. The van der Waals surface area contributed by atoms with Crippen molar-refractivity contribution in [3.05, 3.63) is 54.6 Å². The number of hydrogen-bond donors (Lipinski definition) is 2. The van der Waals surface area contributed by atoms with Crippen LogP contribution in [0.4, 0.5) is 11.4 Å². The predicted molar refractivity (Wildman–Crippen MR) is 98.6 cm³/mol. The minimum absolute atomic E-state index is 0.262. The molecule has 0 aromatic heterocycles. The second kappa shape index (κ2) is 9.54. The fourth-order valence-corrected chi connectivity index (χ4v) is 2.37. The Morgan fingerprint density at radius 1 is 1.20 bits per heavy atom. The maximum Gasteiger partial charge on any atom is 0.329 e. The Kier molecular flexibility index (Phi) is 7.10. The molecule has 0 spiro atoms. The van der Waals surface area contributed by atoms with Gasteiger partial charge in [0.1, 0.15) is 25.1 Å². The molecule has 2 aromatic rings. The lowest BCUT2D eigenvalue weighted by Gasteiger charge is -2.25. The van der Waals surface area contributed by atoms with E-state index in [4.69, 9.17) is 14.6 Å². The molecule has 1 atom stereocenters. The summed E-state index contributed by atoms with van der Waals surface area (Å²) in [6, 6.07) is 17.4. The third-order valence-corrected chi connectivity index (χ3v) is 3.68. The molecule has 0 aliphatic carbocycles. The molecule has 1 unspecified atom stereocenters. The summed E-state index contributed by atoms with van der Waals surface area (Å²) in [5.74, 6) is -0.289. The Labute approximate surface area is 148 Å². The van der Waals surface area contributed by atoms with Crippen LogP contribution in [0.25, 0.3) is 0 Å². The minimum atomic E-state index is -0.996. The molecule has 134 valence electrons. The molecule has 0 amide bonds. The first kappa shape index (κ1) is 18.6. The number of nitrogens with one attached hydrogen (secondary N) is 1. The molecule has 0 bridgehead atoms. The molecule has 0 radical (unpaired) electrons. The van der Waals surface area contributed by atoms with Crippen molar-refractivity contribution in [1.82, 2.24) is 0 Å². The molecule has 0 heterocycles. The number of benzene rings is 2. The van der Waals surface area contributed by atoms with Crippen molar-refractivity contribution in [3.63, 3.8) is 0 Å². The highest BCUT2D eigenvalue weighted by Crippen LogP contribution is 2.18. The maximum atomic E-state index is 10.8. The lowest BCUT2D eigenvalue weighted by Crippen LogP contribution is -2.36. The van der Waals surface area contributed by atoms with Gasteiger partial charge in [-0.05, 0) is 24.3 Å². The topological polar surface area (TPSA) is 71.0 Å². The minimum Gasteiger partial charge on any atom is -0.491 e. The van der Waals surface area contributed by atoms with Gasteiger partial charge in [-0.15, -0.1) is 0 Å². The zero-order valence-corrected chi connectivity index (χ0v) is 14.5. The first-order chi connectivity index (χ1) is 12.1. The van der Waals surface area contributed by atoms with E-state index in [0.717, 1.165) is 11.4 Å². The molecule has 2 rings (SSSR count). The molecule has 0 saturated carbocycles. The van der Waals surface area contributed by atoms with Crippen molar-refractivity contribution in [1.29, 1.82) is 0 Å². The van der Waals surface area contributed by atoms with E-state index in [9.17, 15) is 4.79 Å². The molecule has 0 aliphatic rings. The highest BCUT2D eigenvalue weighted by Gasteiger charge is 2.16. The molecule has 0 aliphatic heterocycles. The predicted octanol–water partition coefficient (Wildman–Crippen LogP) is 2.71. The van der Waals surface area contributed by atoms with Crippen molar-refractivity contribution in [2.24, 2.45) is 0 Å². The molecule has 25 heavy (non-hydrogen) atoms. The smallest absolute Gasteiger partial charge is 0.329 e. The van der Waals surface area contributed by atoms with E-state index in [0.29, 0.717) is 12.3 Å². The number of anilines is 2. The number of aliphatic carboxylic acids is 1. The number of ether oxygens (including phenoxy) is 2. The molecular weight excluding hydrogens is 320 g/mol. The van der Waals surface area contributed by atoms with Gasteiger partial charge in [0.2, 0.25) is 0 Å². The van der Waals surface area contributed by atoms with Crippen LogP contribution in [0.5, 0.6) is 5.75 Å². The number of rotatable bonds is 10. The maximum absolute atomic E-state index is 10.8. The van der Waals surface area contributed by atoms with Crippen LogP contribution in [0.2, 0.25) is 0 Å². The number of nitrogens with zero attached hydrogens (tertiary/aromatic N) is 1. The second-order valence-electron chi connectivity index (χ2n) is 5.63. The van der Waals surface area contributed by atoms with Gasteiger partial charge in [-0.25, -0.2) is 4.79 Å². The number of carbonyl (C=O) groups is 1. The van der Waals surface area contributed by atoms with Gasteiger partial charge >= 0.3 is 5.97 Å². The number of likely N-dealkylation sites (N-methyl/N-ethyl adjacent to an activating group) is 1. The first-order valence-corrected chi connectivity index (χ1v) is 8.08. The third-order valence-electron chi connectivity index (χ3n) is 3.68. The largest absolute Gasteiger partial charge is 0.491 e. The fourth-order valence-electron chi connectivity index (χ4n) is 2.37. The van der Waals surface area contributed by atoms with E-state index in [2.05, 4.69) is 5.32 Å². The average molecular weight is 344 g/mol. The normalized spacial score (nSPS) is 11.6. The number of hydrogen-bond acceptors (Lipinski definition) is 5. The van der Waals surface area contributed by atoms with Crippen molar-refractivity contribution in [2.45, 2.75) is 6.10 Å². The molecule has 0 fully saturated rings. The zero-order chi connectivity index (χ0) is 18.1. The van der Waals surface area contributed by atoms with Crippen molar-refractivity contribution in [3.8, 4) is 5.75 Å². The summed E-state index contributed by atoms with van der Waals surface area (Å²) in [5, 5.41) is 11.9. The Morgan fingerprint density at radius 3 is 2.64 bits per heavy atom. The van der Waals surface area contributed by atoms with Crippen LogP contribution in [0.3, 0.4) is 0 Å². The van der Waals surface area contributed by atoms with Gasteiger partial charge in [-0.3, -0.25) is 0 Å². The van der Waals surface area contributed by atoms with Crippen LogP contribution in [-0.4, -0.2) is 51.0 Å². The van der Waals surface area contributed by atoms with Crippen molar-refractivity contribution < 1.29 is 19.4 Å². The second-order valence-corrected chi connectivity index (χ2v) is 5.63. The Balaban J connectivity index is 1.98. The average Bonchev–Trinajstić information content (AvgIpc) is 2.64. The quantitative estimate of drug-likeness (QED) is 0.691. The lowest BCUT2D eigenvalue weighted by atomic mass is 10.2. The van der Waals surface area contributed by atoms with E-state index in [1.54, 1.807) is 0 Å². The number of carboxylic acid groups (broad SMARTS) is 1. The van der Waals surface area contributed by atoms with Gasteiger partial charge in [0, 0.05) is 38.1 Å². The van der Waals surface area contributed by atoms with Crippen molar-refractivity contribution >= 4 is 17.3 Å². The van der Waals surface area contributed by atoms with Gasteiger partial charge in [0.15, 0.2) is 0 Å². The summed E-state index contributed by atoms with van der Waals surface area (Å²) in [6.07, 6.45) is -0.375. The summed E-state index contributed by atoms with van der Waals surface area (Å²) in [5.41, 5.74) is 1.98. The van der Waals surface area contributed by atoms with E-state index in [1.807, 2.05) is 73.6 Å². The molecule has 0 saturated heterocycles. The van der Waals surface area contributed by atoms with E-state index >= 15 is 0 Å². The Bertz CT molecular complexity index is 663. The van der Waals surface area contributed by atoms with Crippen LogP contribution in [-0.2, 0) is 9.53 Å². The Morgan fingerprint density at radius 2 is 1.96 bits per heavy atom. The lowest BCUT2D eigenvalue weighted by molar-refractivity contribution is -0.144. The number of para-hydroxylation sites is 1. The standard InChI is InChI=1S/C19H24N2O4/c1-20-15-7-6-10-17(11-15)24-13-18(25-14-19(22)23)12-21(2)16-8-4-3-5-9-16/h3-11,18,20H,12-14H2,1-2H3,(H,22,23). The highest BCUT2D eigenvalue weighted by atomic mass is 16.5. The molecular formula is C19H24N2O4. The van der Waals surface area contributed by atoms with Gasteiger partial charge in [0.25, 0.3) is 0 Å². The van der Waals surface area contributed by atoms with Crippen LogP contribution >= 0.6 is 0 Å². The van der Waals surface area contributed by atoms with E-state index in [1.165, 1.54) is 0 Å². The van der Waals surface area contributed by atoms with E-state index in [-0.39, 0.29) is 19.3 Å². The number of carboxylic acids is 1. The zero-order valence-electron chi connectivity index (χ0n) is 14.5. The van der Waals surface area contributed by atoms with E-state index < -0.39 is 5.97 Å². The monoisotopic (exact) mass is 344 g/mol. The molecule has 2 aromatic carbocycles. The molecule has 6 nitrogen and oxygen atoms in total. The summed E-state index contributed by atoms with van der Waals surface area (Å²) >= 11 is 0. The van der Waals surface area contributed by atoms with Gasteiger partial charge < -0.3 is 24.8 Å².